The molecule has 13 aromatic carbocycles. The monoisotopic (exact) mass is 748 g/mol. The van der Waals surface area contributed by atoms with Crippen LogP contribution in [0.2, 0.25) is 0 Å². The lowest BCUT2D eigenvalue weighted by molar-refractivity contribution is 0.591. The number of rotatable bonds is 1. The van der Waals surface area contributed by atoms with Crippen molar-refractivity contribution in [2.45, 2.75) is 45.4 Å². The molecule has 0 radical (unpaired) electrons. The second kappa shape index (κ2) is 10.5. The van der Waals surface area contributed by atoms with Gasteiger partial charge in [-0.1, -0.05) is 156 Å². The highest BCUT2D eigenvalue weighted by molar-refractivity contribution is 6.41. The first-order chi connectivity index (χ1) is 28.6. The van der Waals surface area contributed by atoms with Crippen LogP contribution in [0.15, 0.2) is 152 Å². The summed E-state index contributed by atoms with van der Waals surface area (Å²) >= 11 is 0. The summed E-state index contributed by atoms with van der Waals surface area (Å²) in [6.45, 7) is 11.8. The van der Waals surface area contributed by atoms with E-state index in [0.29, 0.717) is 0 Å². The molecule has 0 heteroatoms. The average Bonchev–Trinajstić information content (AvgIpc) is 3.83. The van der Waals surface area contributed by atoms with Crippen LogP contribution in [0.25, 0.3) is 130 Å². The first-order valence-corrected chi connectivity index (χ1v) is 21.2. The molecule has 276 valence electrons. The van der Waals surface area contributed by atoms with Crippen molar-refractivity contribution in [3.8, 4) is 22.3 Å². The molecule has 0 N–H and O–H groups in total. The van der Waals surface area contributed by atoms with E-state index >= 15 is 0 Å². The molecule has 0 unspecified atom stereocenters. The molecule has 0 aliphatic heterocycles. The Kier molecular flexibility index (Phi) is 5.71. The molecule has 0 amide bonds. The zero-order valence-corrected chi connectivity index (χ0v) is 33.9. The fourth-order valence-electron chi connectivity index (χ4n) is 11.9. The number of hydrogen-bond acceptors (Lipinski definition) is 0. The van der Waals surface area contributed by atoms with Crippen LogP contribution in [-0.4, -0.2) is 0 Å². The molecule has 59 heavy (non-hydrogen) atoms. The van der Waals surface area contributed by atoms with E-state index in [1.807, 2.05) is 0 Å². The van der Waals surface area contributed by atoms with Crippen LogP contribution in [-0.2, 0) is 10.8 Å². The van der Waals surface area contributed by atoms with E-state index in [4.69, 9.17) is 0 Å². The highest BCUT2D eigenvalue weighted by Gasteiger charge is 2.37. The zero-order chi connectivity index (χ0) is 39.3. The van der Waals surface area contributed by atoms with E-state index in [2.05, 4.69) is 186 Å². The molecule has 0 spiro atoms. The molecular weight excluding hydrogens is 709 g/mol. The van der Waals surface area contributed by atoms with Crippen LogP contribution in [0.4, 0.5) is 0 Å². The van der Waals surface area contributed by atoms with Crippen LogP contribution in [0.5, 0.6) is 0 Å². The lowest BCUT2D eigenvalue weighted by Crippen LogP contribution is -2.15. The highest BCUT2D eigenvalue weighted by atomic mass is 14.4. The van der Waals surface area contributed by atoms with Gasteiger partial charge < -0.3 is 0 Å². The van der Waals surface area contributed by atoms with Gasteiger partial charge in [0.05, 0.1) is 0 Å². The quantitative estimate of drug-likeness (QED) is 0.147. The Hall–Kier alpha value is -6.76. The summed E-state index contributed by atoms with van der Waals surface area (Å²) in [6, 6.07) is 59.1. The molecule has 13 aromatic rings. The van der Waals surface area contributed by atoms with Crippen molar-refractivity contribution in [1.29, 1.82) is 0 Å². The number of hydrogen-bond donors (Lipinski definition) is 0. The van der Waals surface area contributed by atoms with Crippen molar-refractivity contribution in [3.05, 3.63) is 168 Å². The highest BCUT2D eigenvalue weighted by Crippen LogP contribution is 2.55. The number of benzene rings is 11. The van der Waals surface area contributed by atoms with Crippen LogP contribution < -0.4 is 0 Å². The maximum absolute atomic E-state index is 2.50. The summed E-state index contributed by atoms with van der Waals surface area (Å²) in [5, 5.41) is 27.1. The summed E-state index contributed by atoms with van der Waals surface area (Å²) in [6.07, 6.45) is 0. The largest absolute Gasteiger partial charge is 0.0616 e. The Bertz CT molecular complexity index is 3980. The Morgan fingerprint density at radius 3 is 1.47 bits per heavy atom. The standard InChI is InChI=1S/C59H40/c1-58(2,3)36-24-33-16-17-35-28-52-57(45-23-20-34(25-36)53(33)54(35)45)44-22-19-32(27-51(44)59(52,4)5)31-18-21-39-46(26-31)41-13-9-15-43-47-29-49-38-11-7-6-10-37(38)40-12-8-14-42(55(40)49)48(47)30-50(39)56(41)43/h6-30H,1-5H3. The molecule has 0 nitrogen and oxygen atoms in total. The van der Waals surface area contributed by atoms with Gasteiger partial charge in [-0.15, -0.1) is 0 Å². The minimum absolute atomic E-state index is 0.0983. The van der Waals surface area contributed by atoms with Crippen LogP contribution in [0, 0.1) is 0 Å². The summed E-state index contributed by atoms with van der Waals surface area (Å²) in [7, 11) is 0. The second-order valence-electron chi connectivity index (χ2n) is 19.2. The summed E-state index contributed by atoms with van der Waals surface area (Å²) in [4.78, 5) is 0. The zero-order valence-electron chi connectivity index (χ0n) is 33.9. The predicted molar refractivity (Wildman–Crippen MR) is 257 cm³/mol. The van der Waals surface area contributed by atoms with Gasteiger partial charge in [-0.05, 0) is 182 Å². The SMILES string of the molecule is CC(C)(C)c1cc2ccc3cc4c(c5ccc(c1)c2c35)-c1ccc(-c2ccc3c(c2)c2cccc5c6cc7c8ccccc8c8cccc(c6cc3c25)c87)cc1C4(C)C. The molecule has 1 aliphatic carbocycles. The Morgan fingerprint density at radius 1 is 0.339 bits per heavy atom. The van der Waals surface area contributed by atoms with E-state index in [-0.39, 0.29) is 10.8 Å². The van der Waals surface area contributed by atoms with Gasteiger partial charge >= 0.3 is 0 Å². The van der Waals surface area contributed by atoms with Gasteiger partial charge in [-0.2, -0.15) is 0 Å². The third-order valence-corrected chi connectivity index (χ3v) is 14.8. The lowest BCUT2D eigenvalue weighted by Gasteiger charge is -2.24. The molecule has 0 fully saturated rings. The molecule has 0 atom stereocenters. The van der Waals surface area contributed by atoms with Crippen molar-refractivity contribution in [1.82, 2.24) is 0 Å². The van der Waals surface area contributed by atoms with Gasteiger partial charge in [0, 0.05) is 5.41 Å². The Labute approximate surface area is 342 Å². The maximum atomic E-state index is 2.50. The molecule has 0 aromatic heterocycles. The Morgan fingerprint density at radius 2 is 0.831 bits per heavy atom. The van der Waals surface area contributed by atoms with Gasteiger partial charge in [-0.3, -0.25) is 0 Å². The third-order valence-electron chi connectivity index (χ3n) is 14.8. The third kappa shape index (κ3) is 3.91. The van der Waals surface area contributed by atoms with E-state index < -0.39 is 0 Å². The minimum atomic E-state index is -0.131. The fourth-order valence-corrected chi connectivity index (χ4v) is 11.9. The molecule has 0 bridgehead atoms. The molecule has 14 rings (SSSR count). The van der Waals surface area contributed by atoms with Crippen LogP contribution in [0.3, 0.4) is 0 Å². The predicted octanol–water partition coefficient (Wildman–Crippen LogP) is 16.8. The summed E-state index contributed by atoms with van der Waals surface area (Å²) in [5.74, 6) is 0. The molecule has 1 aliphatic rings. The minimum Gasteiger partial charge on any atom is -0.0616 e. The normalized spacial score (nSPS) is 14.3. The van der Waals surface area contributed by atoms with Crippen molar-refractivity contribution in [2.75, 3.05) is 0 Å². The van der Waals surface area contributed by atoms with Crippen LogP contribution >= 0.6 is 0 Å². The van der Waals surface area contributed by atoms with Gasteiger partial charge in [0.1, 0.15) is 0 Å². The molecule has 0 heterocycles. The van der Waals surface area contributed by atoms with Gasteiger partial charge in [-0.25, -0.2) is 0 Å². The Balaban J connectivity index is 0.962. The van der Waals surface area contributed by atoms with Crippen LogP contribution in [0.1, 0.15) is 51.3 Å². The topological polar surface area (TPSA) is 0 Å². The van der Waals surface area contributed by atoms with Gasteiger partial charge in [0.25, 0.3) is 0 Å². The van der Waals surface area contributed by atoms with Crippen molar-refractivity contribution >= 4 is 108 Å². The second-order valence-corrected chi connectivity index (χ2v) is 19.2. The maximum Gasteiger partial charge on any atom is 0.0159 e. The van der Waals surface area contributed by atoms with Gasteiger partial charge in [0.2, 0.25) is 0 Å². The summed E-state index contributed by atoms with van der Waals surface area (Å²) < 4.78 is 0. The lowest BCUT2D eigenvalue weighted by atomic mass is 9.79. The average molecular weight is 749 g/mol. The molecule has 0 saturated carbocycles. The first-order valence-electron chi connectivity index (χ1n) is 21.2. The van der Waals surface area contributed by atoms with E-state index in [1.165, 1.54) is 147 Å². The smallest absolute Gasteiger partial charge is 0.0159 e. The van der Waals surface area contributed by atoms with E-state index in [1.54, 1.807) is 0 Å². The molecular formula is C59H40. The van der Waals surface area contributed by atoms with E-state index in [9.17, 15) is 0 Å². The van der Waals surface area contributed by atoms with Crippen molar-refractivity contribution in [3.63, 3.8) is 0 Å². The van der Waals surface area contributed by atoms with Crippen molar-refractivity contribution < 1.29 is 0 Å². The van der Waals surface area contributed by atoms with E-state index in [0.717, 1.165) is 0 Å². The van der Waals surface area contributed by atoms with Crippen molar-refractivity contribution in [2.24, 2.45) is 0 Å². The fraction of sp³-hybridized carbons (Fsp3) is 0.119. The summed E-state index contributed by atoms with van der Waals surface area (Å²) in [5.41, 5.74) is 9.53. The number of fused-ring (bicyclic) bond motifs is 13. The molecule has 0 saturated heterocycles. The first kappa shape index (κ1) is 32.2. The van der Waals surface area contributed by atoms with Gasteiger partial charge in [0.15, 0.2) is 0 Å².